The highest BCUT2D eigenvalue weighted by Gasteiger charge is 2.30. The van der Waals surface area contributed by atoms with Crippen molar-refractivity contribution in [2.75, 3.05) is 10.6 Å². The van der Waals surface area contributed by atoms with Crippen LogP contribution in [-0.4, -0.2) is 16.8 Å². The third-order valence-corrected chi connectivity index (χ3v) is 5.55. The normalized spacial score (nSPS) is 15.4. The summed E-state index contributed by atoms with van der Waals surface area (Å²) < 4.78 is 0. The van der Waals surface area contributed by atoms with Gasteiger partial charge in [0, 0.05) is 29.7 Å². The van der Waals surface area contributed by atoms with Crippen LogP contribution in [0, 0.1) is 0 Å². The van der Waals surface area contributed by atoms with Crippen LogP contribution < -0.4 is 10.6 Å². The first kappa shape index (κ1) is 18.3. The Morgan fingerprint density at radius 2 is 1.96 bits per heavy atom. The molecule has 0 saturated carbocycles. The molecular weight excluding hydrogens is 370 g/mol. The van der Waals surface area contributed by atoms with Crippen LogP contribution in [-0.2, 0) is 15.3 Å². The number of rotatable bonds is 5. The Balaban J connectivity index is 1.46. The molecule has 4 rings (SSSR count). The minimum Gasteiger partial charge on any atom is -0.326 e. The van der Waals surface area contributed by atoms with Crippen molar-refractivity contribution >= 4 is 35.0 Å². The lowest BCUT2D eigenvalue weighted by Crippen LogP contribution is -2.30. The third-order valence-electron chi connectivity index (χ3n) is 4.54. The molecule has 140 valence electrons. The molecule has 1 aromatic heterocycles. The van der Waals surface area contributed by atoms with E-state index >= 15 is 0 Å². The number of para-hydroxylation sites is 1. The largest absolute Gasteiger partial charge is 0.326 e. The molecular formula is C22H19N3O2S. The molecule has 1 atom stereocenters. The molecule has 1 aliphatic heterocycles. The lowest BCUT2D eigenvalue weighted by atomic mass is 9.90. The SMILES string of the molecule is O=C1CC(C(=O)Nc2cccc(CSc3ccccn3)c2)c2ccccc2N1. The third kappa shape index (κ3) is 4.23. The Bertz CT molecular complexity index is 1010. The second-order valence-corrected chi connectivity index (χ2v) is 7.53. The molecule has 0 spiro atoms. The van der Waals surface area contributed by atoms with Crippen molar-refractivity contribution in [3.05, 3.63) is 84.1 Å². The number of nitrogens with one attached hydrogen (secondary N) is 2. The second-order valence-electron chi connectivity index (χ2n) is 6.54. The van der Waals surface area contributed by atoms with Gasteiger partial charge in [-0.15, -0.1) is 11.8 Å². The lowest BCUT2D eigenvalue weighted by Gasteiger charge is -2.24. The Morgan fingerprint density at radius 1 is 1.11 bits per heavy atom. The fourth-order valence-corrected chi connectivity index (χ4v) is 4.01. The summed E-state index contributed by atoms with van der Waals surface area (Å²) in [6.07, 6.45) is 1.93. The maximum absolute atomic E-state index is 12.9. The van der Waals surface area contributed by atoms with Gasteiger partial charge in [0.1, 0.15) is 0 Å². The number of nitrogens with zero attached hydrogens (tertiary/aromatic N) is 1. The van der Waals surface area contributed by atoms with E-state index in [0.29, 0.717) is 5.69 Å². The van der Waals surface area contributed by atoms with E-state index in [-0.39, 0.29) is 18.2 Å². The van der Waals surface area contributed by atoms with Crippen molar-refractivity contribution in [1.29, 1.82) is 0 Å². The van der Waals surface area contributed by atoms with Gasteiger partial charge in [0.15, 0.2) is 0 Å². The van der Waals surface area contributed by atoms with Crippen molar-refractivity contribution in [2.45, 2.75) is 23.1 Å². The number of thioether (sulfide) groups is 1. The van der Waals surface area contributed by atoms with E-state index in [1.807, 2.05) is 66.7 Å². The van der Waals surface area contributed by atoms with Gasteiger partial charge in [0.2, 0.25) is 11.8 Å². The number of aromatic nitrogens is 1. The van der Waals surface area contributed by atoms with Gasteiger partial charge in [-0.3, -0.25) is 9.59 Å². The first-order chi connectivity index (χ1) is 13.7. The van der Waals surface area contributed by atoms with Crippen molar-refractivity contribution in [1.82, 2.24) is 4.98 Å². The molecule has 1 unspecified atom stereocenters. The van der Waals surface area contributed by atoms with Crippen molar-refractivity contribution in [3.8, 4) is 0 Å². The summed E-state index contributed by atoms with van der Waals surface area (Å²) in [6.45, 7) is 0. The van der Waals surface area contributed by atoms with Crippen LogP contribution in [0.25, 0.3) is 0 Å². The number of benzene rings is 2. The Morgan fingerprint density at radius 3 is 2.82 bits per heavy atom. The van der Waals surface area contributed by atoms with Crippen LogP contribution in [0.2, 0.25) is 0 Å². The molecule has 0 aliphatic carbocycles. The van der Waals surface area contributed by atoms with E-state index in [2.05, 4.69) is 15.6 Å². The molecule has 1 aliphatic rings. The number of hydrogen-bond donors (Lipinski definition) is 2. The van der Waals surface area contributed by atoms with Crippen molar-refractivity contribution < 1.29 is 9.59 Å². The monoisotopic (exact) mass is 389 g/mol. The van der Waals surface area contributed by atoms with E-state index in [9.17, 15) is 9.59 Å². The fourth-order valence-electron chi connectivity index (χ4n) is 3.20. The lowest BCUT2D eigenvalue weighted by molar-refractivity contribution is -0.123. The molecule has 0 bridgehead atoms. The fraction of sp³-hybridized carbons (Fsp3) is 0.136. The van der Waals surface area contributed by atoms with Crippen LogP contribution >= 0.6 is 11.8 Å². The summed E-state index contributed by atoms with van der Waals surface area (Å²) in [5.41, 5.74) is 3.38. The molecule has 0 radical (unpaired) electrons. The first-order valence-electron chi connectivity index (χ1n) is 9.01. The maximum Gasteiger partial charge on any atom is 0.232 e. The highest BCUT2D eigenvalue weighted by Crippen LogP contribution is 2.33. The van der Waals surface area contributed by atoms with E-state index < -0.39 is 5.92 Å². The molecule has 6 heteroatoms. The first-order valence-corrected chi connectivity index (χ1v) is 10.00. The molecule has 28 heavy (non-hydrogen) atoms. The minimum atomic E-state index is -0.489. The van der Waals surface area contributed by atoms with Crippen LogP contribution in [0.4, 0.5) is 11.4 Å². The predicted octanol–water partition coefficient (Wildman–Crippen LogP) is 4.44. The number of hydrogen-bond acceptors (Lipinski definition) is 4. The van der Waals surface area contributed by atoms with Gasteiger partial charge in [0.05, 0.1) is 10.9 Å². The zero-order chi connectivity index (χ0) is 19.3. The van der Waals surface area contributed by atoms with E-state index in [1.54, 1.807) is 18.0 Å². The quantitative estimate of drug-likeness (QED) is 0.633. The van der Waals surface area contributed by atoms with Crippen LogP contribution in [0.15, 0.2) is 78.0 Å². The molecule has 0 saturated heterocycles. The number of carbonyl (C=O) groups is 2. The summed E-state index contributed by atoms with van der Waals surface area (Å²) in [7, 11) is 0. The van der Waals surface area contributed by atoms with Crippen LogP contribution in [0.1, 0.15) is 23.5 Å². The molecule has 0 fully saturated rings. The number of carbonyl (C=O) groups excluding carboxylic acids is 2. The average molecular weight is 389 g/mol. The highest BCUT2D eigenvalue weighted by molar-refractivity contribution is 7.98. The summed E-state index contributed by atoms with van der Waals surface area (Å²) in [4.78, 5) is 29.1. The highest BCUT2D eigenvalue weighted by atomic mass is 32.2. The standard InChI is InChI=1S/C22H19N3O2S/c26-20-13-18(17-8-1-2-9-19(17)25-20)22(27)24-16-7-5-6-15(12-16)14-28-21-10-3-4-11-23-21/h1-12,18H,13-14H2,(H,24,27)(H,25,26). The van der Waals surface area contributed by atoms with Gasteiger partial charge in [-0.1, -0.05) is 36.4 Å². The van der Waals surface area contributed by atoms with Crippen LogP contribution in [0.3, 0.4) is 0 Å². The summed E-state index contributed by atoms with van der Waals surface area (Å²) in [6, 6.07) is 21.0. The minimum absolute atomic E-state index is 0.139. The zero-order valence-electron chi connectivity index (χ0n) is 15.1. The maximum atomic E-state index is 12.9. The van der Waals surface area contributed by atoms with E-state index in [1.165, 1.54) is 0 Å². The van der Waals surface area contributed by atoms with Gasteiger partial charge < -0.3 is 10.6 Å². The topological polar surface area (TPSA) is 71.1 Å². The van der Waals surface area contributed by atoms with Crippen LogP contribution in [0.5, 0.6) is 0 Å². The zero-order valence-corrected chi connectivity index (χ0v) is 15.9. The molecule has 2 heterocycles. The average Bonchev–Trinajstić information content (AvgIpc) is 2.72. The van der Waals surface area contributed by atoms with Crippen molar-refractivity contribution in [3.63, 3.8) is 0 Å². The molecule has 2 aromatic carbocycles. The smallest absolute Gasteiger partial charge is 0.232 e. The molecule has 5 nitrogen and oxygen atoms in total. The van der Waals surface area contributed by atoms with Gasteiger partial charge in [-0.25, -0.2) is 4.98 Å². The second kappa shape index (κ2) is 8.27. The predicted molar refractivity (Wildman–Crippen MR) is 111 cm³/mol. The van der Waals surface area contributed by atoms with Gasteiger partial charge >= 0.3 is 0 Å². The Kier molecular flexibility index (Phi) is 5.39. The molecule has 2 amide bonds. The van der Waals surface area contributed by atoms with Gasteiger partial charge in [-0.2, -0.15) is 0 Å². The number of amides is 2. The molecule has 3 aromatic rings. The Hall–Kier alpha value is -3.12. The summed E-state index contributed by atoms with van der Waals surface area (Å²) in [5.74, 6) is -0.0391. The molecule has 2 N–H and O–H groups in total. The van der Waals surface area contributed by atoms with Gasteiger partial charge in [0.25, 0.3) is 0 Å². The van der Waals surface area contributed by atoms with Crippen molar-refractivity contribution in [2.24, 2.45) is 0 Å². The summed E-state index contributed by atoms with van der Waals surface area (Å²) >= 11 is 1.64. The number of anilines is 2. The number of pyridine rings is 1. The van der Waals surface area contributed by atoms with E-state index in [4.69, 9.17) is 0 Å². The van der Waals surface area contributed by atoms with E-state index in [0.717, 1.165) is 27.6 Å². The van der Waals surface area contributed by atoms with Gasteiger partial charge in [-0.05, 0) is 41.5 Å². The number of fused-ring (bicyclic) bond motifs is 1. The summed E-state index contributed by atoms with van der Waals surface area (Å²) in [5, 5.41) is 6.75. The Labute approximate surface area is 167 Å².